The molecule has 0 atom stereocenters. The predicted molar refractivity (Wildman–Crippen MR) is 71.0 cm³/mol. The maximum atomic E-state index is 11.0. The SMILES string of the molecule is NC(=O)c1ccc(-n2nc(C(=O)O)cc2C2CC2)cc1. The largest absolute Gasteiger partial charge is 0.476 e. The average Bonchev–Trinajstić information content (AvgIpc) is 3.17. The Morgan fingerprint density at radius 3 is 2.40 bits per heavy atom. The van der Waals surface area contributed by atoms with Crippen LogP contribution in [0.1, 0.15) is 45.3 Å². The molecule has 1 saturated carbocycles. The van der Waals surface area contributed by atoms with Gasteiger partial charge in [0.1, 0.15) is 0 Å². The number of hydrogen-bond donors (Lipinski definition) is 2. The minimum absolute atomic E-state index is 0.0332. The summed E-state index contributed by atoms with van der Waals surface area (Å²) in [5.74, 6) is -1.17. The number of benzene rings is 1. The molecule has 0 bridgehead atoms. The second kappa shape index (κ2) is 4.48. The van der Waals surface area contributed by atoms with E-state index in [-0.39, 0.29) is 5.69 Å². The van der Waals surface area contributed by atoms with E-state index in [1.165, 1.54) is 0 Å². The van der Waals surface area contributed by atoms with E-state index in [0.29, 0.717) is 11.5 Å². The van der Waals surface area contributed by atoms with Crippen LogP contribution >= 0.6 is 0 Å². The maximum absolute atomic E-state index is 11.0. The number of primary amides is 1. The van der Waals surface area contributed by atoms with E-state index in [0.717, 1.165) is 24.2 Å². The Balaban J connectivity index is 2.03. The lowest BCUT2D eigenvalue weighted by Crippen LogP contribution is -2.11. The highest BCUT2D eigenvalue weighted by molar-refractivity contribution is 5.92. The van der Waals surface area contributed by atoms with Gasteiger partial charge in [-0.05, 0) is 43.2 Å². The van der Waals surface area contributed by atoms with Gasteiger partial charge in [-0.25, -0.2) is 9.48 Å². The second-order valence-electron chi connectivity index (χ2n) is 4.86. The number of carboxylic acid groups (broad SMARTS) is 1. The molecule has 6 heteroatoms. The molecule has 1 amide bonds. The molecule has 20 heavy (non-hydrogen) atoms. The van der Waals surface area contributed by atoms with Gasteiger partial charge in [0.25, 0.3) is 0 Å². The van der Waals surface area contributed by atoms with Crippen LogP contribution in [0.2, 0.25) is 0 Å². The van der Waals surface area contributed by atoms with Crippen molar-refractivity contribution in [3.8, 4) is 5.69 Å². The number of rotatable bonds is 4. The standard InChI is InChI=1S/C14H13N3O3/c15-13(18)9-3-5-10(6-4-9)17-12(8-1-2-8)7-11(16-17)14(19)20/h3-8H,1-2H2,(H2,15,18)(H,19,20). The molecule has 102 valence electrons. The molecular weight excluding hydrogens is 258 g/mol. The summed E-state index contributed by atoms with van der Waals surface area (Å²) in [6.45, 7) is 0. The number of carbonyl (C=O) groups excluding carboxylic acids is 1. The quantitative estimate of drug-likeness (QED) is 0.881. The smallest absolute Gasteiger partial charge is 0.356 e. The van der Waals surface area contributed by atoms with Gasteiger partial charge in [0.05, 0.1) is 5.69 Å². The third-order valence-corrected chi connectivity index (χ3v) is 3.35. The summed E-state index contributed by atoms with van der Waals surface area (Å²) < 4.78 is 1.63. The molecule has 3 N–H and O–H groups in total. The lowest BCUT2D eigenvalue weighted by atomic mass is 10.2. The Morgan fingerprint density at radius 1 is 1.25 bits per heavy atom. The van der Waals surface area contributed by atoms with Crippen molar-refractivity contribution in [1.82, 2.24) is 9.78 Å². The van der Waals surface area contributed by atoms with E-state index in [2.05, 4.69) is 5.10 Å². The van der Waals surface area contributed by atoms with Crippen LogP contribution in [0.3, 0.4) is 0 Å². The van der Waals surface area contributed by atoms with Crippen molar-refractivity contribution in [3.05, 3.63) is 47.3 Å². The second-order valence-corrected chi connectivity index (χ2v) is 4.86. The van der Waals surface area contributed by atoms with Gasteiger partial charge in [-0.3, -0.25) is 4.79 Å². The van der Waals surface area contributed by atoms with E-state index >= 15 is 0 Å². The molecule has 0 aliphatic heterocycles. The Bertz CT molecular complexity index is 684. The number of aromatic nitrogens is 2. The van der Waals surface area contributed by atoms with E-state index in [1.807, 2.05) is 0 Å². The van der Waals surface area contributed by atoms with Crippen molar-refractivity contribution in [2.75, 3.05) is 0 Å². The van der Waals surface area contributed by atoms with Gasteiger partial charge in [-0.15, -0.1) is 0 Å². The molecule has 3 rings (SSSR count). The van der Waals surface area contributed by atoms with Crippen LogP contribution in [0.15, 0.2) is 30.3 Å². The van der Waals surface area contributed by atoms with Gasteiger partial charge in [0, 0.05) is 17.2 Å². The summed E-state index contributed by atoms with van der Waals surface area (Å²) in [7, 11) is 0. The molecule has 1 heterocycles. The first-order chi connectivity index (χ1) is 9.56. The van der Waals surface area contributed by atoms with Gasteiger partial charge in [0.2, 0.25) is 5.91 Å². The highest BCUT2D eigenvalue weighted by atomic mass is 16.4. The van der Waals surface area contributed by atoms with Crippen molar-refractivity contribution in [1.29, 1.82) is 0 Å². The zero-order valence-electron chi connectivity index (χ0n) is 10.6. The van der Waals surface area contributed by atoms with Crippen molar-refractivity contribution >= 4 is 11.9 Å². The van der Waals surface area contributed by atoms with E-state index in [1.54, 1.807) is 35.0 Å². The van der Waals surface area contributed by atoms with Crippen LogP contribution in [-0.2, 0) is 0 Å². The molecule has 6 nitrogen and oxygen atoms in total. The lowest BCUT2D eigenvalue weighted by molar-refractivity contribution is 0.0689. The molecule has 2 aromatic rings. The summed E-state index contributed by atoms with van der Waals surface area (Å²) >= 11 is 0. The fourth-order valence-electron chi connectivity index (χ4n) is 2.14. The number of aromatic carboxylic acids is 1. The Labute approximate surface area is 114 Å². The summed E-state index contributed by atoms with van der Waals surface area (Å²) in [6, 6.07) is 8.25. The average molecular weight is 271 g/mol. The fourth-order valence-corrected chi connectivity index (χ4v) is 2.14. The number of nitrogens with two attached hydrogens (primary N) is 1. The lowest BCUT2D eigenvalue weighted by Gasteiger charge is -2.06. The first-order valence-electron chi connectivity index (χ1n) is 6.30. The topological polar surface area (TPSA) is 98.2 Å². The highest BCUT2D eigenvalue weighted by Gasteiger charge is 2.29. The van der Waals surface area contributed by atoms with Gasteiger partial charge in [-0.2, -0.15) is 5.10 Å². The summed E-state index contributed by atoms with van der Waals surface area (Å²) in [5, 5.41) is 13.2. The number of nitrogens with zero attached hydrogens (tertiary/aromatic N) is 2. The van der Waals surface area contributed by atoms with E-state index in [4.69, 9.17) is 10.8 Å². The van der Waals surface area contributed by atoms with Gasteiger partial charge in [-0.1, -0.05) is 0 Å². The van der Waals surface area contributed by atoms with Crippen molar-refractivity contribution in [2.24, 2.45) is 5.73 Å². The van der Waals surface area contributed by atoms with Gasteiger partial charge >= 0.3 is 5.97 Å². The van der Waals surface area contributed by atoms with Gasteiger partial charge < -0.3 is 10.8 Å². The predicted octanol–water partition coefficient (Wildman–Crippen LogP) is 1.55. The van der Waals surface area contributed by atoms with Crippen LogP contribution in [0.25, 0.3) is 5.69 Å². The Hall–Kier alpha value is -2.63. The van der Waals surface area contributed by atoms with Crippen molar-refractivity contribution in [3.63, 3.8) is 0 Å². The molecular formula is C14H13N3O3. The third kappa shape index (κ3) is 2.16. The minimum Gasteiger partial charge on any atom is -0.476 e. The summed E-state index contributed by atoms with van der Waals surface area (Å²) in [4.78, 5) is 22.1. The third-order valence-electron chi connectivity index (χ3n) is 3.35. The molecule has 0 saturated heterocycles. The van der Waals surface area contributed by atoms with Crippen molar-refractivity contribution < 1.29 is 14.7 Å². The van der Waals surface area contributed by atoms with Crippen LogP contribution in [-0.4, -0.2) is 26.8 Å². The zero-order valence-corrected chi connectivity index (χ0v) is 10.6. The first kappa shape index (κ1) is 12.4. The van der Waals surface area contributed by atoms with Gasteiger partial charge in [0.15, 0.2) is 5.69 Å². The molecule has 1 aromatic carbocycles. The zero-order chi connectivity index (χ0) is 14.3. The number of carbonyl (C=O) groups is 2. The molecule has 0 unspecified atom stereocenters. The summed E-state index contributed by atoms with van der Waals surface area (Å²) in [6.07, 6.45) is 2.09. The van der Waals surface area contributed by atoms with Crippen LogP contribution in [0.4, 0.5) is 0 Å². The Morgan fingerprint density at radius 2 is 1.90 bits per heavy atom. The highest BCUT2D eigenvalue weighted by Crippen LogP contribution is 2.41. The fraction of sp³-hybridized carbons (Fsp3) is 0.214. The van der Waals surface area contributed by atoms with Crippen LogP contribution in [0.5, 0.6) is 0 Å². The van der Waals surface area contributed by atoms with Crippen LogP contribution < -0.4 is 5.73 Å². The normalized spacial score (nSPS) is 14.2. The number of amides is 1. The number of carboxylic acids is 1. The molecule has 1 aromatic heterocycles. The summed E-state index contributed by atoms with van der Waals surface area (Å²) in [5.41, 5.74) is 7.26. The first-order valence-corrected chi connectivity index (χ1v) is 6.30. The van der Waals surface area contributed by atoms with E-state index in [9.17, 15) is 9.59 Å². The number of hydrogen-bond acceptors (Lipinski definition) is 3. The van der Waals surface area contributed by atoms with E-state index < -0.39 is 11.9 Å². The Kier molecular flexibility index (Phi) is 2.78. The maximum Gasteiger partial charge on any atom is 0.356 e. The molecule has 1 aliphatic rings. The molecule has 1 fully saturated rings. The van der Waals surface area contributed by atoms with Crippen LogP contribution in [0, 0.1) is 0 Å². The minimum atomic E-state index is -1.04. The molecule has 0 spiro atoms. The van der Waals surface area contributed by atoms with Crippen molar-refractivity contribution in [2.45, 2.75) is 18.8 Å². The monoisotopic (exact) mass is 271 g/mol. The molecule has 0 radical (unpaired) electrons. The molecule has 1 aliphatic carbocycles.